The van der Waals surface area contributed by atoms with Crippen LogP contribution in [0.15, 0.2) is 48.5 Å². The molecule has 2 aliphatic heterocycles. The molecular weight excluding hydrogens is 338 g/mol. The summed E-state index contributed by atoms with van der Waals surface area (Å²) in [6.07, 6.45) is -0.185. The van der Waals surface area contributed by atoms with Crippen molar-refractivity contribution in [2.75, 3.05) is 26.0 Å². The molecule has 0 N–H and O–H groups in total. The highest BCUT2D eigenvalue weighted by Crippen LogP contribution is 2.43. The first kappa shape index (κ1) is 16.1. The molecule has 5 nitrogen and oxygen atoms in total. The summed E-state index contributed by atoms with van der Waals surface area (Å²) in [5.74, 6) is 2.86. The van der Waals surface area contributed by atoms with Crippen LogP contribution in [0.3, 0.4) is 0 Å². The standard InChI is InChI=1S/C19H19NO4S/c1-22-15-7-3-2-6-14(15)19-20(18(21)12-25-19)10-13-11-23-16-8-4-5-9-17(16)24-13/h2-9,13,19H,10-12H2,1H3. The fourth-order valence-electron chi connectivity index (χ4n) is 3.15. The molecule has 1 saturated heterocycles. The van der Waals surface area contributed by atoms with Crippen molar-refractivity contribution >= 4 is 17.7 Å². The smallest absolute Gasteiger partial charge is 0.233 e. The molecule has 0 aliphatic carbocycles. The van der Waals surface area contributed by atoms with Crippen molar-refractivity contribution in [3.05, 3.63) is 54.1 Å². The van der Waals surface area contributed by atoms with Crippen molar-refractivity contribution in [2.24, 2.45) is 0 Å². The second kappa shape index (κ2) is 6.88. The molecule has 6 heteroatoms. The summed E-state index contributed by atoms with van der Waals surface area (Å²) in [6, 6.07) is 15.4. The zero-order valence-corrected chi connectivity index (χ0v) is 14.7. The number of carbonyl (C=O) groups is 1. The largest absolute Gasteiger partial charge is 0.496 e. The first-order chi connectivity index (χ1) is 12.3. The third kappa shape index (κ3) is 3.14. The predicted molar refractivity (Wildman–Crippen MR) is 96.3 cm³/mol. The number of nitrogens with zero attached hydrogens (tertiary/aromatic N) is 1. The van der Waals surface area contributed by atoms with E-state index in [1.54, 1.807) is 18.9 Å². The Morgan fingerprint density at radius 1 is 1.16 bits per heavy atom. The summed E-state index contributed by atoms with van der Waals surface area (Å²) < 4.78 is 17.3. The van der Waals surface area contributed by atoms with Crippen molar-refractivity contribution in [1.29, 1.82) is 0 Å². The van der Waals surface area contributed by atoms with Gasteiger partial charge in [-0.15, -0.1) is 11.8 Å². The SMILES string of the molecule is COc1ccccc1C1SCC(=O)N1CC1COc2ccccc2O1. The van der Waals surface area contributed by atoms with E-state index in [9.17, 15) is 4.79 Å². The number of hydrogen-bond donors (Lipinski definition) is 0. The van der Waals surface area contributed by atoms with E-state index in [1.807, 2.05) is 53.4 Å². The minimum absolute atomic E-state index is 0.0654. The van der Waals surface area contributed by atoms with Crippen molar-refractivity contribution in [1.82, 2.24) is 4.90 Å². The van der Waals surface area contributed by atoms with E-state index in [4.69, 9.17) is 14.2 Å². The molecule has 0 aromatic heterocycles. The number of benzene rings is 2. The number of hydrogen-bond acceptors (Lipinski definition) is 5. The molecule has 0 radical (unpaired) electrons. The van der Waals surface area contributed by atoms with Crippen molar-refractivity contribution in [3.63, 3.8) is 0 Å². The number of methoxy groups -OCH3 is 1. The minimum Gasteiger partial charge on any atom is -0.496 e. The molecule has 130 valence electrons. The molecule has 0 spiro atoms. The van der Waals surface area contributed by atoms with Gasteiger partial charge in [-0.2, -0.15) is 0 Å². The first-order valence-corrected chi connectivity index (χ1v) is 9.23. The van der Waals surface area contributed by atoms with Gasteiger partial charge in [-0.1, -0.05) is 30.3 Å². The predicted octanol–water partition coefficient (Wildman–Crippen LogP) is 3.11. The molecule has 2 atom stereocenters. The van der Waals surface area contributed by atoms with Crippen LogP contribution >= 0.6 is 11.8 Å². The number of amides is 1. The zero-order valence-electron chi connectivity index (χ0n) is 13.9. The maximum Gasteiger partial charge on any atom is 0.233 e. The Balaban J connectivity index is 1.53. The second-order valence-corrected chi connectivity index (χ2v) is 7.02. The molecule has 2 aromatic rings. The van der Waals surface area contributed by atoms with E-state index in [2.05, 4.69) is 0 Å². The Hall–Kier alpha value is -2.34. The molecule has 0 bridgehead atoms. The average Bonchev–Trinajstić information content (AvgIpc) is 3.02. The van der Waals surface area contributed by atoms with E-state index < -0.39 is 0 Å². The number of ether oxygens (including phenoxy) is 3. The van der Waals surface area contributed by atoms with Gasteiger partial charge in [0.2, 0.25) is 5.91 Å². The lowest BCUT2D eigenvalue weighted by molar-refractivity contribution is -0.129. The number of thioether (sulfide) groups is 1. The molecule has 4 rings (SSSR count). The van der Waals surface area contributed by atoms with E-state index in [0.717, 1.165) is 22.8 Å². The third-order valence-corrected chi connectivity index (χ3v) is 5.58. The summed E-state index contributed by atoms with van der Waals surface area (Å²) in [4.78, 5) is 14.3. The minimum atomic E-state index is -0.185. The van der Waals surface area contributed by atoms with Gasteiger partial charge in [0.1, 0.15) is 17.7 Å². The van der Waals surface area contributed by atoms with Crippen LogP contribution in [0.2, 0.25) is 0 Å². The maximum absolute atomic E-state index is 12.4. The lowest BCUT2D eigenvalue weighted by atomic mass is 10.1. The molecule has 2 aromatic carbocycles. The third-order valence-electron chi connectivity index (χ3n) is 4.34. The Morgan fingerprint density at radius 3 is 2.76 bits per heavy atom. The topological polar surface area (TPSA) is 48.0 Å². The van der Waals surface area contributed by atoms with E-state index >= 15 is 0 Å². The van der Waals surface area contributed by atoms with Crippen LogP contribution in [0.4, 0.5) is 0 Å². The highest BCUT2D eigenvalue weighted by molar-refractivity contribution is 8.00. The van der Waals surface area contributed by atoms with Gasteiger partial charge in [0.15, 0.2) is 17.6 Å². The van der Waals surface area contributed by atoms with Crippen LogP contribution in [0.5, 0.6) is 17.2 Å². The molecule has 2 unspecified atom stereocenters. The summed E-state index contributed by atoms with van der Waals surface area (Å²) in [7, 11) is 1.65. The molecule has 2 aliphatic rings. The number of fused-ring (bicyclic) bond motifs is 1. The Morgan fingerprint density at radius 2 is 1.92 bits per heavy atom. The summed E-state index contributed by atoms with van der Waals surface area (Å²) in [6.45, 7) is 0.924. The Kier molecular flexibility index (Phi) is 4.44. The van der Waals surface area contributed by atoms with Gasteiger partial charge >= 0.3 is 0 Å². The highest BCUT2D eigenvalue weighted by Gasteiger charge is 2.37. The van der Waals surface area contributed by atoms with Gasteiger partial charge in [0.25, 0.3) is 0 Å². The molecule has 25 heavy (non-hydrogen) atoms. The number of rotatable bonds is 4. The molecule has 2 heterocycles. The van der Waals surface area contributed by atoms with E-state index in [-0.39, 0.29) is 17.4 Å². The summed E-state index contributed by atoms with van der Waals surface area (Å²) in [5.41, 5.74) is 1.01. The van der Waals surface area contributed by atoms with Gasteiger partial charge in [-0.05, 0) is 18.2 Å². The van der Waals surface area contributed by atoms with Crippen LogP contribution < -0.4 is 14.2 Å². The average molecular weight is 357 g/mol. The van der Waals surface area contributed by atoms with Crippen LogP contribution in [0.1, 0.15) is 10.9 Å². The quantitative estimate of drug-likeness (QED) is 0.841. The van der Waals surface area contributed by atoms with Gasteiger partial charge in [0.05, 0.1) is 19.4 Å². The number of carbonyl (C=O) groups excluding carboxylic acids is 1. The van der Waals surface area contributed by atoms with Gasteiger partial charge in [-0.3, -0.25) is 4.79 Å². The highest BCUT2D eigenvalue weighted by atomic mass is 32.2. The van der Waals surface area contributed by atoms with Gasteiger partial charge < -0.3 is 19.1 Å². The van der Waals surface area contributed by atoms with Crippen molar-refractivity contribution in [3.8, 4) is 17.2 Å². The molecule has 1 amide bonds. The zero-order chi connectivity index (χ0) is 17.2. The Bertz CT molecular complexity index is 782. The number of para-hydroxylation sites is 3. The van der Waals surface area contributed by atoms with Crippen LogP contribution in [0.25, 0.3) is 0 Å². The normalized spacial score (nSPS) is 22.1. The maximum atomic E-state index is 12.4. The second-order valence-electron chi connectivity index (χ2n) is 5.95. The monoisotopic (exact) mass is 357 g/mol. The van der Waals surface area contributed by atoms with Crippen molar-refractivity contribution < 1.29 is 19.0 Å². The van der Waals surface area contributed by atoms with Gasteiger partial charge in [-0.25, -0.2) is 0 Å². The van der Waals surface area contributed by atoms with Crippen LogP contribution in [0, 0.1) is 0 Å². The fraction of sp³-hybridized carbons (Fsp3) is 0.316. The van der Waals surface area contributed by atoms with Gasteiger partial charge in [0, 0.05) is 5.56 Å². The first-order valence-electron chi connectivity index (χ1n) is 8.18. The van der Waals surface area contributed by atoms with Crippen LogP contribution in [-0.4, -0.2) is 42.9 Å². The van der Waals surface area contributed by atoms with Crippen LogP contribution in [-0.2, 0) is 4.79 Å². The Labute approximate surface area is 150 Å². The molecular formula is C19H19NO4S. The summed E-state index contributed by atoms with van der Waals surface area (Å²) in [5, 5.41) is -0.0654. The van der Waals surface area contributed by atoms with E-state index in [1.165, 1.54) is 0 Å². The lowest BCUT2D eigenvalue weighted by Crippen LogP contribution is -2.42. The molecule has 1 fully saturated rings. The van der Waals surface area contributed by atoms with Crippen molar-refractivity contribution in [2.45, 2.75) is 11.5 Å². The molecule has 0 saturated carbocycles. The fourth-order valence-corrected chi connectivity index (χ4v) is 4.38. The van der Waals surface area contributed by atoms with E-state index in [0.29, 0.717) is 18.9 Å². The summed E-state index contributed by atoms with van der Waals surface area (Å²) >= 11 is 1.62. The lowest BCUT2D eigenvalue weighted by Gasteiger charge is -2.32.